The fraction of sp³-hybridized carbons (Fsp3) is 0.222. The zero-order valence-electron chi connectivity index (χ0n) is 6.69. The van der Waals surface area contributed by atoms with Crippen LogP contribution in [0.3, 0.4) is 0 Å². The Morgan fingerprint density at radius 1 is 1.55 bits per heavy atom. The molecule has 2 heteroatoms. The van der Waals surface area contributed by atoms with Crippen molar-refractivity contribution in [2.45, 2.75) is 13.8 Å². The monoisotopic (exact) mass is 167 g/mol. The van der Waals surface area contributed by atoms with Crippen molar-refractivity contribution in [1.82, 2.24) is 0 Å². The van der Waals surface area contributed by atoms with Crippen LogP contribution >= 0.6 is 11.6 Å². The van der Waals surface area contributed by atoms with Gasteiger partial charge in [0.2, 0.25) is 0 Å². The number of rotatable bonds is 2. The minimum Gasteiger partial charge on any atom is -0.192 e. The van der Waals surface area contributed by atoms with E-state index in [4.69, 9.17) is 16.9 Å². The molecular weight excluding hydrogens is 158 g/mol. The SMILES string of the molecule is C=CC(C#N)=CC(Cl)=C(C)C. The molecule has 1 nitrogen and oxygen atoms in total. The van der Waals surface area contributed by atoms with Crippen molar-refractivity contribution < 1.29 is 0 Å². The van der Waals surface area contributed by atoms with Crippen molar-refractivity contribution in [2.75, 3.05) is 0 Å². The lowest BCUT2D eigenvalue weighted by Gasteiger charge is -1.92. The maximum atomic E-state index is 8.49. The summed E-state index contributed by atoms with van der Waals surface area (Å²) in [5, 5.41) is 9.08. The van der Waals surface area contributed by atoms with Gasteiger partial charge in [0.25, 0.3) is 0 Å². The molecule has 0 heterocycles. The number of allylic oxidation sites excluding steroid dienone is 5. The van der Waals surface area contributed by atoms with Crippen molar-refractivity contribution >= 4 is 11.6 Å². The predicted molar refractivity (Wildman–Crippen MR) is 48.1 cm³/mol. The number of halogens is 1. The first-order valence-corrected chi connectivity index (χ1v) is 3.56. The van der Waals surface area contributed by atoms with Crippen LogP contribution in [0.4, 0.5) is 0 Å². The second kappa shape index (κ2) is 4.76. The average Bonchev–Trinajstić information content (AvgIpc) is 1.99. The molecule has 0 fully saturated rings. The standard InChI is InChI=1S/C9H10ClN/c1-4-8(6-11)5-9(10)7(2)3/h4-5H,1H2,2-3H3. The van der Waals surface area contributed by atoms with E-state index < -0.39 is 0 Å². The highest BCUT2D eigenvalue weighted by molar-refractivity contribution is 6.31. The Hall–Kier alpha value is -1.000. The molecule has 0 aliphatic heterocycles. The average molecular weight is 168 g/mol. The van der Waals surface area contributed by atoms with E-state index >= 15 is 0 Å². The minimum atomic E-state index is 0.483. The highest BCUT2D eigenvalue weighted by Crippen LogP contribution is 2.12. The van der Waals surface area contributed by atoms with Crippen LogP contribution in [-0.4, -0.2) is 0 Å². The van der Waals surface area contributed by atoms with Crippen molar-refractivity contribution in [2.24, 2.45) is 0 Å². The highest BCUT2D eigenvalue weighted by Gasteiger charge is 1.92. The fourth-order valence-electron chi connectivity index (χ4n) is 0.418. The highest BCUT2D eigenvalue weighted by atomic mass is 35.5. The van der Waals surface area contributed by atoms with Gasteiger partial charge in [0.05, 0.1) is 11.6 Å². The van der Waals surface area contributed by atoms with Crippen LogP contribution in [0, 0.1) is 11.3 Å². The molecule has 0 N–H and O–H groups in total. The van der Waals surface area contributed by atoms with Crippen LogP contribution in [0.1, 0.15) is 13.8 Å². The van der Waals surface area contributed by atoms with Gasteiger partial charge < -0.3 is 0 Å². The molecule has 0 aliphatic rings. The smallest absolute Gasteiger partial charge is 0.0991 e. The first kappa shape index (κ1) is 10.0. The van der Waals surface area contributed by atoms with Gasteiger partial charge in [0.1, 0.15) is 0 Å². The quantitative estimate of drug-likeness (QED) is 0.458. The summed E-state index contributed by atoms with van der Waals surface area (Å²) in [5.41, 5.74) is 1.47. The molecule has 0 amide bonds. The molecule has 0 spiro atoms. The zero-order valence-corrected chi connectivity index (χ0v) is 7.44. The van der Waals surface area contributed by atoms with Gasteiger partial charge in [0.15, 0.2) is 0 Å². The number of nitriles is 1. The van der Waals surface area contributed by atoms with Crippen LogP contribution in [0.2, 0.25) is 0 Å². The summed E-state index contributed by atoms with van der Waals surface area (Å²) >= 11 is 5.77. The molecule has 0 bridgehead atoms. The van der Waals surface area contributed by atoms with E-state index in [1.165, 1.54) is 6.08 Å². The Balaban J connectivity index is 4.70. The van der Waals surface area contributed by atoms with E-state index in [9.17, 15) is 0 Å². The van der Waals surface area contributed by atoms with Crippen molar-refractivity contribution in [3.05, 3.63) is 34.9 Å². The first-order chi connectivity index (χ1) is 5.11. The van der Waals surface area contributed by atoms with E-state index in [0.717, 1.165) is 5.57 Å². The Morgan fingerprint density at radius 3 is 2.36 bits per heavy atom. The summed E-state index contributed by atoms with van der Waals surface area (Å²) < 4.78 is 0. The summed E-state index contributed by atoms with van der Waals surface area (Å²) in [4.78, 5) is 0. The van der Waals surface area contributed by atoms with E-state index in [-0.39, 0.29) is 0 Å². The van der Waals surface area contributed by atoms with Gasteiger partial charge in [-0.05, 0) is 19.9 Å². The maximum absolute atomic E-state index is 8.49. The Morgan fingerprint density at radius 2 is 2.09 bits per heavy atom. The summed E-state index contributed by atoms with van der Waals surface area (Å²) in [6.45, 7) is 7.24. The molecule has 0 aromatic carbocycles. The van der Waals surface area contributed by atoms with Crippen molar-refractivity contribution in [3.63, 3.8) is 0 Å². The Labute approximate surface area is 72.3 Å². The second-order valence-electron chi connectivity index (χ2n) is 2.26. The first-order valence-electron chi connectivity index (χ1n) is 3.19. The summed E-state index contributed by atoms with van der Waals surface area (Å²) in [6.07, 6.45) is 3.08. The molecule has 0 unspecified atom stereocenters. The molecule has 0 saturated heterocycles. The number of hydrogen-bond donors (Lipinski definition) is 0. The van der Waals surface area contributed by atoms with Gasteiger partial charge in [-0.3, -0.25) is 0 Å². The largest absolute Gasteiger partial charge is 0.192 e. The summed E-state index contributed by atoms with van der Waals surface area (Å²) in [6, 6.07) is 1.96. The van der Waals surface area contributed by atoms with Gasteiger partial charge >= 0.3 is 0 Å². The lowest BCUT2D eigenvalue weighted by molar-refractivity contribution is 1.37. The predicted octanol–water partition coefficient (Wildman–Crippen LogP) is 3.16. The van der Waals surface area contributed by atoms with E-state index in [1.54, 1.807) is 6.08 Å². The third kappa shape index (κ3) is 3.64. The lowest BCUT2D eigenvalue weighted by Crippen LogP contribution is -1.74. The second-order valence-corrected chi connectivity index (χ2v) is 2.67. The third-order valence-electron chi connectivity index (χ3n) is 1.11. The molecular formula is C9H10ClN. The molecule has 0 aromatic heterocycles. The van der Waals surface area contributed by atoms with Gasteiger partial charge in [-0.15, -0.1) is 0 Å². The topological polar surface area (TPSA) is 23.8 Å². The molecule has 0 radical (unpaired) electrons. The van der Waals surface area contributed by atoms with Crippen LogP contribution in [-0.2, 0) is 0 Å². The fourth-order valence-corrected chi connectivity index (χ4v) is 0.535. The maximum Gasteiger partial charge on any atom is 0.0991 e. The van der Waals surface area contributed by atoms with Gasteiger partial charge in [-0.1, -0.05) is 29.8 Å². The minimum absolute atomic E-state index is 0.483. The van der Waals surface area contributed by atoms with E-state index in [0.29, 0.717) is 10.6 Å². The lowest BCUT2D eigenvalue weighted by atomic mass is 10.2. The van der Waals surface area contributed by atoms with Gasteiger partial charge in [-0.2, -0.15) is 5.26 Å². The van der Waals surface area contributed by atoms with Crippen LogP contribution in [0.25, 0.3) is 0 Å². The zero-order chi connectivity index (χ0) is 8.85. The molecule has 11 heavy (non-hydrogen) atoms. The van der Waals surface area contributed by atoms with E-state index in [1.807, 2.05) is 19.9 Å². The summed E-state index contributed by atoms with van der Waals surface area (Å²) in [7, 11) is 0. The molecule has 0 atom stereocenters. The van der Waals surface area contributed by atoms with E-state index in [2.05, 4.69) is 6.58 Å². The Bertz CT molecular complexity index is 249. The third-order valence-corrected chi connectivity index (χ3v) is 1.60. The summed E-state index contributed by atoms with van der Waals surface area (Å²) in [5.74, 6) is 0. The Kier molecular flexibility index (Phi) is 4.33. The molecule has 0 saturated carbocycles. The molecule has 0 aromatic rings. The number of hydrogen-bond acceptors (Lipinski definition) is 1. The van der Waals surface area contributed by atoms with Crippen LogP contribution < -0.4 is 0 Å². The normalized spacial score (nSPS) is 10.2. The van der Waals surface area contributed by atoms with Crippen molar-refractivity contribution in [3.8, 4) is 6.07 Å². The number of nitrogens with zero attached hydrogens (tertiary/aromatic N) is 1. The molecule has 0 rings (SSSR count). The molecule has 0 aliphatic carbocycles. The van der Waals surface area contributed by atoms with Crippen molar-refractivity contribution in [1.29, 1.82) is 5.26 Å². The van der Waals surface area contributed by atoms with Crippen LogP contribution in [0.15, 0.2) is 34.9 Å². The molecule has 58 valence electrons. The van der Waals surface area contributed by atoms with Gasteiger partial charge in [-0.25, -0.2) is 0 Å². The van der Waals surface area contributed by atoms with Crippen LogP contribution in [0.5, 0.6) is 0 Å². The van der Waals surface area contributed by atoms with Gasteiger partial charge in [0, 0.05) is 5.03 Å².